The van der Waals surface area contributed by atoms with Crippen molar-refractivity contribution in [3.8, 4) is 0 Å². The maximum atomic E-state index is 12.6. The molecule has 19 heteroatoms. The molecule has 0 spiro atoms. The fraction of sp³-hybridized carbons (Fsp3) is 0.936. The van der Waals surface area contributed by atoms with E-state index in [0.717, 1.165) is 44.1 Å². The summed E-state index contributed by atoms with van der Waals surface area (Å²) in [4.78, 5) is 12.0. The maximum absolute atomic E-state index is 12.6. The van der Waals surface area contributed by atoms with Crippen LogP contribution < -0.4 is 0 Å². The Labute approximate surface area is 385 Å². The van der Waals surface area contributed by atoms with Crippen LogP contribution in [0.2, 0.25) is 0 Å². The number of esters is 1. The number of rotatable bonds is 10. The van der Waals surface area contributed by atoms with Crippen LogP contribution >= 0.6 is 0 Å². The predicted molar refractivity (Wildman–Crippen MR) is 225 cm³/mol. The highest BCUT2D eigenvalue weighted by Crippen LogP contribution is 2.70. The molecule has 9 aliphatic rings. The van der Waals surface area contributed by atoms with Gasteiger partial charge in [0.25, 0.3) is 0 Å². The minimum atomic E-state index is -1.65. The number of carbonyl (C=O) groups excluding carboxylic acids is 1. The van der Waals surface area contributed by atoms with E-state index in [1.54, 1.807) is 19.9 Å². The van der Waals surface area contributed by atoms with E-state index in [9.17, 15) is 50.8 Å². The minimum Gasteiger partial charge on any atom is -0.458 e. The molecule has 66 heavy (non-hydrogen) atoms. The summed E-state index contributed by atoms with van der Waals surface area (Å²) in [6, 6.07) is 0. The minimum absolute atomic E-state index is 0.0188. The lowest BCUT2D eigenvalue weighted by molar-refractivity contribution is -0.355. The summed E-state index contributed by atoms with van der Waals surface area (Å²) in [7, 11) is 0. The molecule has 5 heterocycles. The van der Waals surface area contributed by atoms with Crippen molar-refractivity contribution >= 4 is 5.97 Å². The van der Waals surface area contributed by atoms with Gasteiger partial charge in [0.05, 0.1) is 61.0 Å². The van der Waals surface area contributed by atoms with E-state index < -0.39 is 128 Å². The molecule has 4 saturated carbocycles. The Hall–Kier alpha value is -1.47. The molecular formula is C47H74O19. The van der Waals surface area contributed by atoms with Crippen LogP contribution in [0.25, 0.3) is 0 Å². The summed E-state index contributed by atoms with van der Waals surface area (Å²) in [5, 5.41) is 98.4. The first-order chi connectivity index (χ1) is 31.2. The van der Waals surface area contributed by atoms with Crippen LogP contribution in [-0.2, 0) is 47.4 Å². The molecule has 0 amide bonds. The van der Waals surface area contributed by atoms with E-state index in [2.05, 4.69) is 6.92 Å². The molecule has 9 N–H and O–H groups in total. The van der Waals surface area contributed by atoms with Crippen molar-refractivity contribution in [2.45, 2.75) is 228 Å². The Bertz CT molecular complexity index is 1720. The lowest BCUT2D eigenvalue weighted by atomic mass is 9.42. The number of fused-ring (bicyclic) bond motifs is 5. The first-order valence-electron chi connectivity index (χ1n) is 24.5. The third kappa shape index (κ3) is 8.64. The summed E-state index contributed by atoms with van der Waals surface area (Å²) in [5.41, 5.74) is -0.989. The molecule has 0 aromatic rings. The Balaban J connectivity index is 0.737. The number of aliphatic hydroxyl groups is 9. The highest BCUT2D eigenvalue weighted by atomic mass is 16.8. The van der Waals surface area contributed by atoms with Crippen molar-refractivity contribution in [2.24, 2.45) is 34.5 Å². The molecule has 0 aromatic heterocycles. The Morgan fingerprint density at radius 2 is 1.23 bits per heavy atom. The number of hydrogen-bond donors (Lipinski definition) is 9. The molecular weight excluding hydrogens is 868 g/mol. The highest BCUT2D eigenvalue weighted by molar-refractivity contribution is 5.85. The second-order valence-electron chi connectivity index (χ2n) is 21.6. The van der Waals surface area contributed by atoms with E-state index >= 15 is 0 Å². The molecule has 26 atom stereocenters. The molecule has 4 saturated heterocycles. The SMILES string of the molecule is C[C@@H]1O[C@H](O[C@@H]2CC[C@@]3(C)[C@H](CC[C@@H]4[C@@H]3C[C@H](O)[C@@]3(C)[C@H](C5=CC(=O)OC5)CC[C@]43O)C2)C[C@H](O)[C@H]1O[C@@H]1C[C@H](O)[C@@H](O[C@@H]2C[C@H](O)[C@@H](O[C@H]3O[C@@H](CO)[C@H](O)[C@@H](O)[C@@H]3O)[C@H](C)O2)[C@H](C)O1. The lowest BCUT2D eigenvalue weighted by Crippen LogP contribution is -2.67. The predicted octanol–water partition coefficient (Wildman–Crippen LogP) is 0.0423. The lowest BCUT2D eigenvalue weighted by Gasteiger charge is -2.65. The second-order valence-corrected chi connectivity index (χ2v) is 21.6. The molecule has 8 fully saturated rings. The average molecular weight is 943 g/mol. The van der Waals surface area contributed by atoms with E-state index in [-0.39, 0.29) is 61.1 Å². The number of aliphatic hydroxyl groups excluding tert-OH is 8. The van der Waals surface area contributed by atoms with Crippen LogP contribution in [0.1, 0.15) is 105 Å². The first-order valence-corrected chi connectivity index (χ1v) is 24.5. The third-order valence-electron chi connectivity index (χ3n) is 18.1. The standard InChI is InChI=1S/C47H74O19/c1-20-41(64-36-16-30(50)42(21(2)60-36)65-37-17-31(51)43(22(3)61-37)66-44-40(56)39(55)38(54)32(18-48)63-44)29(49)15-35(59-20)62-25-8-10-45(4)24(13-25)6-7-27-28(45)14-33(52)46(5)26(9-11-47(27,46)57)23-12-34(53)58-19-23/h12,20-22,24-33,35-44,48-52,54-57H,6-11,13-19H2,1-5H3/t20-,21-,22-,24+,25+,26-,27+,28-,29-,30-,31-,32-,33-,35+,36+,37+,38-,39+,40-,41-,42-,43-,44+,45-,46+,47-/m0/s1. The normalized spacial score (nSPS) is 55.3. The molecule has 0 aromatic carbocycles. The number of ether oxygens (including phenoxy) is 9. The fourth-order valence-corrected chi connectivity index (χ4v) is 14.3. The van der Waals surface area contributed by atoms with Crippen LogP contribution in [0.3, 0.4) is 0 Å². The van der Waals surface area contributed by atoms with Crippen LogP contribution in [0.15, 0.2) is 11.6 Å². The third-order valence-corrected chi connectivity index (χ3v) is 18.1. The zero-order chi connectivity index (χ0) is 47.2. The zero-order valence-corrected chi connectivity index (χ0v) is 38.7. The Kier molecular flexibility index (Phi) is 14.2. The van der Waals surface area contributed by atoms with Gasteiger partial charge in [0.1, 0.15) is 49.3 Å². The van der Waals surface area contributed by atoms with Crippen molar-refractivity contribution in [1.29, 1.82) is 0 Å². The molecule has 5 aliphatic heterocycles. The van der Waals surface area contributed by atoms with Crippen LogP contribution in [0.4, 0.5) is 0 Å². The van der Waals surface area contributed by atoms with Gasteiger partial charge < -0.3 is 88.6 Å². The summed E-state index contributed by atoms with van der Waals surface area (Å²) in [6.45, 7) is 9.11. The molecule has 0 bridgehead atoms. The van der Waals surface area contributed by atoms with Gasteiger partial charge in [0, 0.05) is 30.8 Å². The average Bonchev–Trinajstić information content (AvgIpc) is 3.82. The van der Waals surface area contributed by atoms with E-state index in [1.165, 1.54) is 0 Å². The van der Waals surface area contributed by atoms with E-state index in [4.69, 9.17) is 42.6 Å². The maximum Gasteiger partial charge on any atom is 0.331 e. The summed E-state index contributed by atoms with van der Waals surface area (Å²) < 4.78 is 53.9. The number of carbonyl (C=O) groups is 1. The zero-order valence-electron chi connectivity index (χ0n) is 38.7. The van der Waals surface area contributed by atoms with Gasteiger partial charge in [-0.25, -0.2) is 4.79 Å². The molecule has 4 aliphatic carbocycles. The van der Waals surface area contributed by atoms with Gasteiger partial charge >= 0.3 is 5.97 Å². The van der Waals surface area contributed by atoms with Crippen molar-refractivity contribution in [3.05, 3.63) is 11.6 Å². The van der Waals surface area contributed by atoms with E-state index in [0.29, 0.717) is 18.8 Å². The summed E-state index contributed by atoms with van der Waals surface area (Å²) in [6.07, 6.45) is -10.8. The summed E-state index contributed by atoms with van der Waals surface area (Å²) >= 11 is 0. The van der Waals surface area contributed by atoms with Crippen LogP contribution in [0.5, 0.6) is 0 Å². The highest BCUT2D eigenvalue weighted by Gasteiger charge is 2.71. The molecule has 0 unspecified atom stereocenters. The van der Waals surface area contributed by atoms with Gasteiger partial charge in [-0.05, 0) is 107 Å². The Morgan fingerprint density at radius 1 is 0.652 bits per heavy atom. The molecule has 376 valence electrons. The first kappa shape index (κ1) is 49.5. The van der Waals surface area contributed by atoms with Crippen molar-refractivity contribution < 1.29 is 93.4 Å². The van der Waals surface area contributed by atoms with Crippen LogP contribution in [0, 0.1) is 34.5 Å². The smallest absolute Gasteiger partial charge is 0.331 e. The monoisotopic (exact) mass is 942 g/mol. The van der Waals surface area contributed by atoms with Crippen molar-refractivity contribution in [2.75, 3.05) is 13.2 Å². The Morgan fingerprint density at radius 3 is 1.77 bits per heavy atom. The van der Waals surface area contributed by atoms with Crippen molar-refractivity contribution in [1.82, 2.24) is 0 Å². The largest absolute Gasteiger partial charge is 0.458 e. The van der Waals surface area contributed by atoms with Gasteiger partial charge in [-0.3, -0.25) is 0 Å². The van der Waals surface area contributed by atoms with Gasteiger partial charge in [-0.2, -0.15) is 0 Å². The van der Waals surface area contributed by atoms with Gasteiger partial charge in [-0.15, -0.1) is 0 Å². The van der Waals surface area contributed by atoms with Crippen molar-refractivity contribution in [3.63, 3.8) is 0 Å². The van der Waals surface area contributed by atoms with Gasteiger partial charge in [-0.1, -0.05) is 13.8 Å². The molecule has 0 radical (unpaired) electrons. The molecule has 19 nitrogen and oxygen atoms in total. The quantitative estimate of drug-likeness (QED) is 0.103. The number of cyclic esters (lactones) is 1. The topological polar surface area (TPSA) is 282 Å². The van der Waals surface area contributed by atoms with Crippen LogP contribution in [-0.4, -0.2) is 187 Å². The second kappa shape index (κ2) is 18.9. The van der Waals surface area contributed by atoms with E-state index in [1.807, 2.05) is 13.8 Å². The van der Waals surface area contributed by atoms with Gasteiger partial charge in [0.15, 0.2) is 25.2 Å². The van der Waals surface area contributed by atoms with Gasteiger partial charge in [0.2, 0.25) is 0 Å². The molecule has 9 rings (SSSR count). The number of hydrogen-bond acceptors (Lipinski definition) is 19. The fourth-order valence-electron chi connectivity index (χ4n) is 14.3. The summed E-state index contributed by atoms with van der Waals surface area (Å²) in [5.74, 6) is 0.0825.